The molecule has 116 valence electrons. The van der Waals surface area contributed by atoms with Gasteiger partial charge in [-0.15, -0.1) is 0 Å². The molecule has 1 saturated carbocycles. The van der Waals surface area contributed by atoms with Gasteiger partial charge in [-0.05, 0) is 50.5 Å². The fourth-order valence-electron chi connectivity index (χ4n) is 2.55. The summed E-state index contributed by atoms with van der Waals surface area (Å²) in [7, 11) is -3.12. The van der Waals surface area contributed by atoms with Crippen molar-refractivity contribution >= 4 is 21.4 Å². The number of carbonyl (C=O) groups is 1. The quantitative estimate of drug-likeness (QED) is 0.838. The molecule has 0 spiro atoms. The molecule has 0 aromatic heterocycles. The highest BCUT2D eigenvalue weighted by Gasteiger charge is 2.37. The van der Waals surface area contributed by atoms with Crippen LogP contribution in [0.5, 0.6) is 0 Å². The monoisotopic (exact) mass is 310 g/mol. The van der Waals surface area contributed by atoms with E-state index in [1.807, 2.05) is 6.92 Å². The van der Waals surface area contributed by atoms with Crippen molar-refractivity contribution in [2.75, 3.05) is 17.7 Å². The van der Waals surface area contributed by atoms with E-state index in [2.05, 4.69) is 0 Å². The molecule has 1 amide bonds. The molecule has 2 N–H and O–H groups in total. The van der Waals surface area contributed by atoms with Crippen LogP contribution in [0.15, 0.2) is 18.2 Å². The topological polar surface area (TPSA) is 80.5 Å². The molecule has 1 fully saturated rings. The summed E-state index contributed by atoms with van der Waals surface area (Å²) in [5.41, 5.74) is 7.84. The molecular formula is C15H22N2O3S. The Kier molecular flexibility index (Phi) is 4.27. The van der Waals surface area contributed by atoms with E-state index in [9.17, 15) is 13.2 Å². The first-order chi connectivity index (χ1) is 9.69. The summed E-state index contributed by atoms with van der Waals surface area (Å²) in [4.78, 5) is 14.4. The average Bonchev–Trinajstić information content (AvgIpc) is 3.15. The number of hydrogen-bond acceptors (Lipinski definition) is 4. The summed E-state index contributed by atoms with van der Waals surface area (Å²) >= 11 is 0. The van der Waals surface area contributed by atoms with Gasteiger partial charge in [-0.1, -0.05) is 0 Å². The molecule has 1 aliphatic carbocycles. The van der Waals surface area contributed by atoms with E-state index in [4.69, 9.17) is 5.73 Å². The van der Waals surface area contributed by atoms with E-state index < -0.39 is 9.84 Å². The van der Waals surface area contributed by atoms with Crippen LogP contribution >= 0.6 is 0 Å². The number of amides is 1. The summed E-state index contributed by atoms with van der Waals surface area (Å²) < 4.78 is 23.0. The van der Waals surface area contributed by atoms with Gasteiger partial charge in [0.15, 0.2) is 0 Å². The first-order valence-corrected chi connectivity index (χ1v) is 9.11. The number of nitrogen functional groups attached to an aromatic ring is 1. The lowest BCUT2D eigenvalue weighted by molar-refractivity contribution is 0.0692. The van der Waals surface area contributed by atoms with Crippen LogP contribution in [0.2, 0.25) is 0 Å². The molecule has 1 atom stereocenters. The average molecular weight is 310 g/mol. The van der Waals surface area contributed by atoms with E-state index in [1.165, 1.54) is 6.26 Å². The molecular weight excluding hydrogens is 288 g/mol. The minimum atomic E-state index is -3.12. The van der Waals surface area contributed by atoms with Gasteiger partial charge in [0.2, 0.25) is 0 Å². The minimum Gasteiger partial charge on any atom is -0.399 e. The largest absolute Gasteiger partial charge is 0.399 e. The predicted octanol–water partition coefficient (Wildman–Crippen LogP) is 1.61. The van der Waals surface area contributed by atoms with Crippen molar-refractivity contribution < 1.29 is 13.2 Å². The van der Waals surface area contributed by atoms with Crippen molar-refractivity contribution in [2.45, 2.75) is 38.8 Å². The summed E-state index contributed by atoms with van der Waals surface area (Å²) in [5.74, 6) is -0.125. The third-order valence-electron chi connectivity index (χ3n) is 3.71. The molecule has 1 aromatic rings. The third kappa shape index (κ3) is 3.97. The highest BCUT2D eigenvalue weighted by atomic mass is 32.2. The Morgan fingerprint density at radius 1 is 1.43 bits per heavy atom. The second-order valence-corrected chi connectivity index (χ2v) is 8.14. The van der Waals surface area contributed by atoms with E-state index in [0.717, 1.165) is 18.4 Å². The number of anilines is 1. The number of rotatable bonds is 5. The molecule has 1 aliphatic rings. The van der Waals surface area contributed by atoms with Gasteiger partial charge in [0.1, 0.15) is 9.84 Å². The lowest BCUT2D eigenvalue weighted by atomic mass is 10.1. The van der Waals surface area contributed by atoms with Gasteiger partial charge in [-0.3, -0.25) is 4.79 Å². The van der Waals surface area contributed by atoms with Gasteiger partial charge in [-0.25, -0.2) is 8.42 Å². The van der Waals surface area contributed by atoms with Crippen molar-refractivity contribution in [1.29, 1.82) is 0 Å². The summed E-state index contributed by atoms with van der Waals surface area (Å²) in [6.45, 7) is 3.65. The van der Waals surface area contributed by atoms with Crippen molar-refractivity contribution in [3.63, 3.8) is 0 Å². The number of carbonyl (C=O) groups excluding carboxylic acids is 1. The van der Waals surface area contributed by atoms with Gasteiger partial charge < -0.3 is 10.6 Å². The molecule has 0 aliphatic heterocycles. The zero-order chi connectivity index (χ0) is 15.8. The van der Waals surface area contributed by atoms with Crippen LogP contribution in [-0.4, -0.2) is 43.3 Å². The highest BCUT2D eigenvalue weighted by molar-refractivity contribution is 7.90. The van der Waals surface area contributed by atoms with E-state index in [-0.39, 0.29) is 23.7 Å². The first kappa shape index (κ1) is 15.8. The second-order valence-electron chi connectivity index (χ2n) is 5.96. The van der Waals surface area contributed by atoms with Crippen LogP contribution in [-0.2, 0) is 9.84 Å². The van der Waals surface area contributed by atoms with Gasteiger partial charge in [-0.2, -0.15) is 0 Å². The van der Waals surface area contributed by atoms with Crippen molar-refractivity contribution in [2.24, 2.45) is 0 Å². The molecule has 2 rings (SSSR count). The standard InChI is InChI=1S/C15H22N2O3S/c1-10-8-12(4-7-14(10)16)15(18)17(13-5-6-13)11(2)9-21(3,19)20/h4,7-8,11,13H,5-6,9,16H2,1-3H3/t11-/m1/s1. The Hall–Kier alpha value is -1.56. The highest BCUT2D eigenvalue weighted by Crippen LogP contribution is 2.31. The number of hydrogen-bond donors (Lipinski definition) is 1. The summed E-state index contributed by atoms with van der Waals surface area (Å²) in [6, 6.07) is 5.02. The molecule has 5 nitrogen and oxygen atoms in total. The van der Waals surface area contributed by atoms with Crippen molar-refractivity contribution in [3.05, 3.63) is 29.3 Å². The molecule has 21 heavy (non-hydrogen) atoms. The number of aryl methyl sites for hydroxylation is 1. The number of benzene rings is 1. The van der Waals surface area contributed by atoms with Gasteiger partial charge in [0, 0.05) is 29.6 Å². The minimum absolute atomic E-state index is 0.0107. The number of sulfone groups is 1. The summed E-state index contributed by atoms with van der Waals surface area (Å²) in [6.07, 6.45) is 3.08. The SMILES string of the molecule is Cc1cc(C(=O)N(C2CC2)[C@H](C)CS(C)(=O)=O)ccc1N. The molecule has 6 heteroatoms. The van der Waals surface area contributed by atoms with Gasteiger partial charge in [0.25, 0.3) is 5.91 Å². The first-order valence-electron chi connectivity index (χ1n) is 7.05. The normalized spacial score (nSPS) is 16.5. The van der Waals surface area contributed by atoms with Crippen LogP contribution in [0.1, 0.15) is 35.7 Å². The molecule has 0 heterocycles. The Balaban J connectivity index is 2.25. The summed E-state index contributed by atoms with van der Waals surface area (Å²) in [5, 5.41) is 0. The predicted molar refractivity (Wildman–Crippen MR) is 84.0 cm³/mol. The van der Waals surface area contributed by atoms with Crippen LogP contribution in [0.4, 0.5) is 5.69 Å². The maximum Gasteiger partial charge on any atom is 0.254 e. The Bertz CT molecular complexity index is 651. The second kappa shape index (κ2) is 5.67. The lowest BCUT2D eigenvalue weighted by Crippen LogP contribution is -2.43. The van der Waals surface area contributed by atoms with E-state index in [1.54, 1.807) is 30.0 Å². The molecule has 0 unspecified atom stereocenters. The molecule has 0 saturated heterocycles. The fraction of sp³-hybridized carbons (Fsp3) is 0.533. The maximum absolute atomic E-state index is 12.7. The van der Waals surface area contributed by atoms with Gasteiger partial charge >= 0.3 is 0 Å². The third-order valence-corrected chi connectivity index (χ3v) is 4.80. The zero-order valence-electron chi connectivity index (χ0n) is 12.7. The molecule has 0 bridgehead atoms. The maximum atomic E-state index is 12.7. The van der Waals surface area contributed by atoms with Crippen molar-refractivity contribution in [1.82, 2.24) is 4.90 Å². The Morgan fingerprint density at radius 2 is 2.05 bits per heavy atom. The Morgan fingerprint density at radius 3 is 2.52 bits per heavy atom. The zero-order valence-corrected chi connectivity index (χ0v) is 13.5. The Labute approximate surface area is 126 Å². The number of nitrogens with two attached hydrogens (primary N) is 1. The molecule has 1 aromatic carbocycles. The van der Waals surface area contributed by atoms with Crippen LogP contribution in [0, 0.1) is 6.92 Å². The van der Waals surface area contributed by atoms with Gasteiger partial charge in [0.05, 0.1) is 5.75 Å². The number of nitrogens with zero attached hydrogens (tertiary/aromatic N) is 1. The van der Waals surface area contributed by atoms with Crippen LogP contribution in [0.25, 0.3) is 0 Å². The molecule has 0 radical (unpaired) electrons. The smallest absolute Gasteiger partial charge is 0.254 e. The van der Waals surface area contributed by atoms with Crippen molar-refractivity contribution in [3.8, 4) is 0 Å². The fourth-order valence-corrected chi connectivity index (χ4v) is 3.59. The lowest BCUT2D eigenvalue weighted by Gasteiger charge is -2.29. The van der Waals surface area contributed by atoms with E-state index in [0.29, 0.717) is 11.3 Å². The van der Waals surface area contributed by atoms with Crippen LogP contribution < -0.4 is 5.73 Å². The van der Waals surface area contributed by atoms with E-state index >= 15 is 0 Å². The van der Waals surface area contributed by atoms with Crippen LogP contribution in [0.3, 0.4) is 0 Å².